The first-order chi connectivity index (χ1) is 9.38. The minimum absolute atomic E-state index is 0.0542. The van der Waals surface area contributed by atoms with Crippen LogP contribution in [0.3, 0.4) is 0 Å². The molecule has 2 rings (SSSR count). The van der Waals surface area contributed by atoms with Gasteiger partial charge in [0.25, 0.3) is 0 Å². The van der Waals surface area contributed by atoms with Crippen LogP contribution in [0.25, 0.3) is 5.69 Å². The smallest absolute Gasteiger partial charge is 0.294 e. The van der Waals surface area contributed by atoms with E-state index >= 15 is 0 Å². The van der Waals surface area contributed by atoms with E-state index in [9.17, 15) is 22.8 Å². The Morgan fingerprint density at radius 2 is 1.80 bits per heavy atom. The lowest BCUT2D eigenvalue weighted by molar-refractivity contribution is -0.170. The van der Waals surface area contributed by atoms with Crippen LogP contribution >= 0.6 is 0 Å². The molecule has 0 saturated heterocycles. The molecule has 0 spiro atoms. The van der Waals surface area contributed by atoms with E-state index in [1.54, 1.807) is 18.5 Å². The third-order valence-corrected chi connectivity index (χ3v) is 2.60. The van der Waals surface area contributed by atoms with Crippen LogP contribution in [0.1, 0.15) is 16.8 Å². The predicted molar refractivity (Wildman–Crippen MR) is 63.6 cm³/mol. The lowest BCUT2D eigenvalue weighted by Crippen LogP contribution is -2.25. The lowest BCUT2D eigenvalue weighted by atomic mass is 10.1. The Labute approximate surface area is 111 Å². The number of carbonyl (C=O) groups is 2. The Morgan fingerprint density at radius 3 is 2.30 bits per heavy atom. The number of nitrogens with zero attached hydrogens (tertiary/aromatic N) is 2. The summed E-state index contributed by atoms with van der Waals surface area (Å²) in [7, 11) is 0. The van der Waals surface area contributed by atoms with E-state index in [1.807, 2.05) is 0 Å². The number of alkyl halides is 3. The van der Waals surface area contributed by atoms with Crippen LogP contribution in [0.4, 0.5) is 13.2 Å². The fourth-order valence-electron chi connectivity index (χ4n) is 1.57. The summed E-state index contributed by atoms with van der Waals surface area (Å²) in [6.07, 6.45) is -2.90. The first-order valence-electron chi connectivity index (χ1n) is 5.61. The third kappa shape index (κ3) is 3.11. The van der Waals surface area contributed by atoms with Gasteiger partial charge in [-0.2, -0.15) is 18.3 Å². The van der Waals surface area contributed by atoms with Gasteiger partial charge in [-0.3, -0.25) is 9.59 Å². The van der Waals surface area contributed by atoms with Gasteiger partial charge in [0.05, 0.1) is 12.1 Å². The third-order valence-electron chi connectivity index (χ3n) is 2.60. The van der Waals surface area contributed by atoms with Gasteiger partial charge in [0.15, 0.2) is 5.78 Å². The van der Waals surface area contributed by atoms with Gasteiger partial charge in [-0.05, 0) is 30.3 Å². The lowest BCUT2D eigenvalue weighted by Gasteiger charge is -2.05. The summed E-state index contributed by atoms with van der Waals surface area (Å²) in [6, 6.07) is 7.52. The summed E-state index contributed by atoms with van der Waals surface area (Å²) in [5, 5.41) is 3.97. The zero-order valence-corrected chi connectivity index (χ0v) is 10.1. The summed E-state index contributed by atoms with van der Waals surface area (Å²) >= 11 is 0. The summed E-state index contributed by atoms with van der Waals surface area (Å²) in [5.74, 6) is -2.90. The van der Waals surface area contributed by atoms with E-state index < -0.39 is 24.2 Å². The number of hydrogen-bond acceptors (Lipinski definition) is 3. The quantitative estimate of drug-likeness (QED) is 0.639. The molecule has 0 aliphatic rings. The zero-order chi connectivity index (χ0) is 14.8. The van der Waals surface area contributed by atoms with Crippen molar-refractivity contribution >= 4 is 11.6 Å². The summed E-state index contributed by atoms with van der Waals surface area (Å²) < 4.78 is 37.7. The minimum atomic E-state index is -4.98. The normalized spacial score (nSPS) is 11.3. The second-order valence-corrected chi connectivity index (χ2v) is 4.02. The van der Waals surface area contributed by atoms with Gasteiger partial charge in [0.1, 0.15) is 0 Å². The van der Waals surface area contributed by atoms with Gasteiger partial charge in [-0.25, -0.2) is 4.68 Å². The highest BCUT2D eigenvalue weighted by Crippen LogP contribution is 2.19. The average Bonchev–Trinajstić information content (AvgIpc) is 2.91. The number of carbonyl (C=O) groups excluding carboxylic acids is 2. The molecule has 0 fully saturated rings. The molecule has 0 unspecified atom stereocenters. The highest BCUT2D eigenvalue weighted by molar-refractivity contribution is 6.09. The maximum absolute atomic E-state index is 12.1. The van der Waals surface area contributed by atoms with E-state index in [0.29, 0.717) is 5.69 Å². The molecule has 4 nitrogen and oxygen atoms in total. The second kappa shape index (κ2) is 5.28. The number of halogens is 3. The number of rotatable bonds is 4. The number of hydrogen-bond donors (Lipinski definition) is 0. The van der Waals surface area contributed by atoms with E-state index in [0.717, 1.165) is 0 Å². The van der Waals surface area contributed by atoms with E-state index in [4.69, 9.17) is 0 Å². The molecule has 0 aliphatic heterocycles. The van der Waals surface area contributed by atoms with Crippen molar-refractivity contribution in [3.8, 4) is 5.69 Å². The predicted octanol–water partition coefficient (Wildman–Crippen LogP) is 2.58. The maximum Gasteiger partial charge on any atom is 0.450 e. The SMILES string of the molecule is O=C(CC(=O)C(F)(F)F)c1ccc(-n2cccn2)cc1. The van der Waals surface area contributed by atoms with Crippen molar-refractivity contribution < 1.29 is 22.8 Å². The van der Waals surface area contributed by atoms with Crippen LogP contribution < -0.4 is 0 Å². The molecule has 1 aromatic carbocycles. The average molecular weight is 282 g/mol. The van der Waals surface area contributed by atoms with Crippen molar-refractivity contribution in [2.75, 3.05) is 0 Å². The highest BCUT2D eigenvalue weighted by atomic mass is 19.4. The summed E-state index contributed by atoms with van der Waals surface area (Å²) in [5.41, 5.74) is 0.715. The minimum Gasteiger partial charge on any atom is -0.294 e. The maximum atomic E-state index is 12.1. The van der Waals surface area contributed by atoms with Crippen molar-refractivity contribution in [1.82, 2.24) is 9.78 Å². The second-order valence-electron chi connectivity index (χ2n) is 4.02. The van der Waals surface area contributed by atoms with E-state index in [1.165, 1.54) is 28.9 Å². The molecule has 0 saturated carbocycles. The molecule has 0 atom stereocenters. The number of benzene rings is 1. The van der Waals surface area contributed by atoms with Crippen molar-refractivity contribution in [1.29, 1.82) is 0 Å². The van der Waals surface area contributed by atoms with Crippen molar-refractivity contribution in [2.24, 2.45) is 0 Å². The molecule has 1 heterocycles. The number of Topliss-reactive ketones (excluding diaryl/α,β-unsaturated/α-hetero) is 2. The number of aromatic nitrogens is 2. The molecule has 20 heavy (non-hydrogen) atoms. The van der Waals surface area contributed by atoms with Gasteiger partial charge >= 0.3 is 6.18 Å². The molecule has 7 heteroatoms. The van der Waals surface area contributed by atoms with Crippen LogP contribution in [0, 0.1) is 0 Å². The zero-order valence-electron chi connectivity index (χ0n) is 10.1. The van der Waals surface area contributed by atoms with E-state index in [-0.39, 0.29) is 5.56 Å². The molecule has 1 aromatic heterocycles. The molecule has 0 radical (unpaired) electrons. The Kier molecular flexibility index (Phi) is 3.69. The first kappa shape index (κ1) is 14.0. The molecule has 0 aliphatic carbocycles. The molecule has 104 valence electrons. The van der Waals surface area contributed by atoms with Gasteiger partial charge in [0, 0.05) is 18.0 Å². The van der Waals surface area contributed by atoms with Gasteiger partial charge in [-0.15, -0.1) is 0 Å². The highest BCUT2D eigenvalue weighted by Gasteiger charge is 2.39. The number of ketones is 2. The first-order valence-corrected chi connectivity index (χ1v) is 5.61. The Morgan fingerprint density at radius 1 is 1.15 bits per heavy atom. The Balaban J connectivity index is 2.10. The van der Waals surface area contributed by atoms with Crippen LogP contribution in [0.2, 0.25) is 0 Å². The van der Waals surface area contributed by atoms with Crippen LogP contribution in [-0.2, 0) is 4.79 Å². The van der Waals surface area contributed by atoms with Gasteiger partial charge < -0.3 is 0 Å². The van der Waals surface area contributed by atoms with E-state index in [2.05, 4.69) is 5.10 Å². The summed E-state index contributed by atoms with van der Waals surface area (Å²) in [6.45, 7) is 0. The van der Waals surface area contributed by atoms with Gasteiger partial charge in [-0.1, -0.05) is 0 Å². The summed E-state index contributed by atoms with van der Waals surface area (Å²) in [4.78, 5) is 22.3. The van der Waals surface area contributed by atoms with Crippen LogP contribution in [0.5, 0.6) is 0 Å². The topological polar surface area (TPSA) is 52.0 Å². The Bertz CT molecular complexity index is 616. The molecule has 0 amide bonds. The molecular formula is C13H9F3N2O2. The van der Waals surface area contributed by atoms with Crippen molar-refractivity contribution in [3.63, 3.8) is 0 Å². The fourth-order valence-corrected chi connectivity index (χ4v) is 1.57. The van der Waals surface area contributed by atoms with Crippen LogP contribution in [0.15, 0.2) is 42.7 Å². The van der Waals surface area contributed by atoms with Gasteiger partial charge in [0.2, 0.25) is 5.78 Å². The van der Waals surface area contributed by atoms with Crippen molar-refractivity contribution in [2.45, 2.75) is 12.6 Å². The Hall–Kier alpha value is -2.44. The fraction of sp³-hybridized carbons (Fsp3) is 0.154. The largest absolute Gasteiger partial charge is 0.450 e. The molecule has 0 bridgehead atoms. The standard InChI is InChI=1S/C13H9F3N2O2/c14-13(15,16)12(20)8-11(19)9-2-4-10(5-3-9)18-7-1-6-17-18/h1-7H,8H2. The molecular weight excluding hydrogens is 273 g/mol. The monoisotopic (exact) mass is 282 g/mol. The molecule has 0 N–H and O–H groups in total. The molecule has 2 aromatic rings. The van der Waals surface area contributed by atoms with Crippen LogP contribution in [-0.4, -0.2) is 27.5 Å². The van der Waals surface area contributed by atoms with Crippen molar-refractivity contribution in [3.05, 3.63) is 48.3 Å².